The summed E-state index contributed by atoms with van der Waals surface area (Å²) in [7, 11) is 0. The Morgan fingerprint density at radius 3 is 2.86 bits per heavy atom. The molecule has 0 spiro atoms. The number of hydrogen-bond acceptors (Lipinski definition) is 5. The number of aromatic amines is 1. The van der Waals surface area contributed by atoms with Crippen LogP contribution in [0, 0.1) is 0 Å². The second-order valence-electron chi connectivity index (χ2n) is 2.52. The smallest absolute Gasteiger partial charge is 0.243 e. The maximum absolute atomic E-state index is 3.92. The van der Waals surface area contributed by atoms with Crippen LogP contribution in [0.3, 0.4) is 0 Å². The minimum Gasteiger partial charge on any atom is -0.243 e. The van der Waals surface area contributed by atoms with Crippen LogP contribution >= 0.6 is 0 Å². The summed E-state index contributed by atoms with van der Waals surface area (Å²) < 4.78 is 0. The van der Waals surface area contributed by atoms with Crippen molar-refractivity contribution in [3.63, 3.8) is 0 Å². The Hall–Kier alpha value is -2.24. The Balaban J connectivity index is 1.96. The van der Waals surface area contributed by atoms with E-state index in [2.05, 4.69) is 31.2 Å². The summed E-state index contributed by atoms with van der Waals surface area (Å²) in [5, 5.41) is 17.0. The summed E-state index contributed by atoms with van der Waals surface area (Å²) in [4.78, 5) is 0. The highest BCUT2D eigenvalue weighted by atomic mass is 15.5. The third-order valence-corrected chi connectivity index (χ3v) is 1.52. The summed E-state index contributed by atoms with van der Waals surface area (Å²) in [5.74, 6) is 0.345. The minimum absolute atomic E-state index is 0.345. The van der Waals surface area contributed by atoms with Gasteiger partial charge in [-0.15, -0.1) is 5.10 Å². The van der Waals surface area contributed by atoms with E-state index in [0.717, 1.165) is 5.56 Å². The third kappa shape index (κ3) is 2.13. The second kappa shape index (κ2) is 4.13. The van der Waals surface area contributed by atoms with Gasteiger partial charge in [-0.1, -0.05) is 35.4 Å². The number of benzene rings is 1. The molecule has 0 aliphatic heterocycles. The molecule has 2 aromatic rings. The summed E-state index contributed by atoms with van der Waals surface area (Å²) in [6, 6.07) is 9.72. The summed E-state index contributed by atoms with van der Waals surface area (Å²) in [5.41, 5.74) is 3.63. The zero-order valence-electron chi connectivity index (χ0n) is 7.25. The van der Waals surface area contributed by atoms with E-state index < -0.39 is 0 Å². The van der Waals surface area contributed by atoms with Crippen LogP contribution in [0.5, 0.6) is 0 Å². The van der Waals surface area contributed by atoms with Crippen molar-refractivity contribution in [3.8, 4) is 0 Å². The first-order valence-electron chi connectivity index (χ1n) is 4.03. The number of anilines is 1. The van der Waals surface area contributed by atoms with Crippen LogP contribution in [0.15, 0.2) is 35.4 Å². The lowest BCUT2D eigenvalue weighted by Gasteiger charge is -1.91. The van der Waals surface area contributed by atoms with Gasteiger partial charge in [-0.3, -0.25) is 0 Å². The van der Waals surface area contributed by atoms with Crippen molar-refractivity contribution in [2.75, 3.05) is 5.43 Å². The fraction of sp³-hybridized carbons (Fsp3) is 0. The van der Waals surface area contributed by atoms with E-state index in [1.54, 1.807) is 6.21 Å². The second-order valence-corrected chi connectivity index (χ2v) is 2.52. The molecule has 70 valence electrons. The molecule has 14 heavy (non-hydrogen) atoms. The zero-order chi connectivity index (χ0) is 9.64. The first-order chi connectivity index (χ1) is 6.95. The van der Waals surface area contributed by atoms with Crippen LogP contribution in [-0.4, -0.2) is 26.8 Å². The maximum atomic E-state index is 3.92. The van der Waals surface area contributed by atoms with Gasteiger partial charge in [0.05, 0.1) is 6.21 Å². The number of H-pyrrole nitrogens is 1. The zero-order valence-corrected chi connectivity index (χ0v) is 7.25. The van der Waals surface area contributed by atoms with E-state index in [4.69, 9.17) is 0 Å². The molecule has 2 rings (SSSR count). The molecule has 0 saturated heterocycles. The van der Waals surface area contributed by atoms with Gasteiger partial charge in [0.1, 0.15) is 0 Å². The topological polar surface area (TPSA) is 78.9 Å². The molecular weight excluding hydrogens is 180 g/mol. The third-order valence-electron chi connectivity index (χ3n) is 1.52. The lowest BCUT2D eigenvalue weighted by Crippen LogP contribution is -1.92. The standard InChI is InChI=1S/C8H8N6/c1-2-4-7(5-3-1)6-9-10-8-11-13-14-12-8/h1-6H,(H2,10,11,12,13,14)/b9-6-. The van der Waals surface area contributed by atoms with Crippen molar-refractivity contribution in [1.82, 2.24) is 20.6 Å². The van der Waals surface area contributed by atoms with E-state index in [-0.39, 0.29) is 0 Å². The largest absolute Gasteiger partial charge is 0.283 e. The molecule has 6 nitrogen and oxygen atoms in total. The van der Waals surface area contributed by atoms with Gasteiger partial charge in [0.2, 0.25) is 0 Å². The van der Waals surface area contributed by atoms with Crippen LogP contribution in [0.2, 0.25) is 0 Å². The fourth-order valence-corrected chi connectivity index (χ4v) is 0.913. The van der Waals surface area contributed by atoms with E-state index in [1.165, 1.54) is 0 Å². The van der Waals surface area contributed by atoms with Crippen LogP contribution < -0.4 is 5.43 Å². The number of hydrazone groups is 1. The highest BCUT2D eigenvalue weighted by molar-refractivity contribution is 5.79. The highest BCUT2D eigenvalue weighted by Gasteiger charge is 1.90. The van der Waals surface area contributed by atoms with Crippen LogP contribution in [0.25, 0.3) is 0 Å². The Labute approximate surface area is 80.0 Å². The van der Waals surface area contributed by atoms with E-state index in [9.17, 15) is 0 Å². The van der Waals surface area contributed by atoms with E-state index in [1.807, 2.05) is 30.3 Å². The van der Waals surface area contributed by atoms with Gasteiger partial charge in [-0.05, 0) is 10.8 Å². The van der Waals surface area contributed by atoms with Crippen molar-refractivity contribution >= 4 is 12.2 Å². The molecule has 0 saturated carbocycles. The summed E-state index contributed by atoms with van der Waals surface area (Å²) >= 11 is 0. The Kier molecular flexibility index (Phi) is 2.46. The SMILES string of the molecule is C(=N/Nc1nn[nH]n1)/c1ccccc1. The Morgan fingerprint density at radius 2 is 2.14 bits per heavy atom. The van der Waals surface area contributed by atoms with Crippen molar-refractivity contribution in [1.29, 1.82) is 0 Å². The monoisotopic (exact) mass is 188 g/mol. The number of nitrogens with zero attached hydrogens (tertiary/aromatic N) is 4. The minimum atomic E-state index is 0.345. The van der Waals surface area contributed by atoms with Crippen LogP contribution in [-0.2, 0) is 0 Å². The molecule has 0 atom stereocenters. The fourth-order valence-electron chi connectivity index (χ4n) is 0.913. The number of rotatable bonds is 3. The normalized spacial score (nSPS) is 10.6. The number of aromatic nitrogens is 4. The van der Waals surface area contributed by atoms with Crippen LogP contribution in [0.1, 0.15) is 5.56 Å². The average molecular weight is 188 g/mol. The van der Waals surface area contributed by atoms with E-state index >= 15 is 0 Å². The van der Waals surface area contributed by atoms with Crippen LogP contribution in [0.4, 0.5) is 5.95 Å². The maximum Gasteiger partial charge on any atom is 0.283 e. The predicted octanol–water partition coefficient (Wildman–Crippen LogP) is 0.646. The van der Waals surface area contributed by atoms with Gasteiger partial charge in [0, 0.05) is 0 Å². The lowest BCUT2D eigenvalue weighted by atomic mass is 10.2. The number of tetrazole rings is 1. The molecule has 0 unspecified atom stereocenters. The quantitative estimate of drug-likeness (QED) is 0.547. The first-order valence-corrected chi connectivity index (χ1v) is 4.03. The molecule has 0 bridgehead atoms. The lowest BCUT2D eigenvalue weighted by molar-refractivity contribution is 0.881. The molecule has 0 fully saturated rings. The Morgan fingerprint density at radius 1 is 1.29 bits per heavy atom. The molecule has 0 radical (unpaired) electrons. The molecular formula is C8H8N6. The van der Waals surface area contributed by atoms with E-state index in [0.29, 0.717) is 5.95 Å². The molecule has 1 aromatic heterocycles. The predicted molar refractivity (Wildman–Crippen MR) is 51.8 cm³/mol. The van der Waals surface area contributed by atoms with Gasteiger partial charge in [-0.25, -0.2) is 5.43 Å². The van der Waals surface area contributed by atoms with Gasteiger partial charge in [-0.2, -0.15) is 10.3 Å². The summed E-state index contributed by atoms with van der Waals surface area (Å²) in [6.07, 6.45) is 1.68. The van der Waals surface area contributed by atoms with Crippen molar-refractivity contribution in [2.24, 2.45) is 5.10 Å². The molecule has 2 N–H and O–H groups in total. The first kappa shape index (κ1) is 8.36. The highest BCUT2D eigenvalue weighted by Crippen LogP contribution is 1.94. The van der Waals surface area contributed by atoms with Crippen molar-refractivity contribution < 1.29 is 0 Å². The average Bonchev–Trinajstić information content (AvgIpc) is 2.72. The van der Waals surface area contributed by atoms with Gasteiger partial charge >= 0.3 is 0 Å². The molecule has 6 heteroatoms. The number of hydrogen-bond donors (Lipinski definition) is 2. The molecule has 0 aliphatic rings. The van der Waals surface area contributed by atoms with Gasteiger partial charge < -0.3 is 0 Å². The molecule has 1 heterocycles. The molecule has 0 amide bonds. The molecule has 1 aromatic carbocycles. The number of nitrogens with one attached hydrogen (secondary N) is 2. The molecule has 0 aliphatic carbocycles. The van der Waals surface area contributed by atoms with Gasteiger partial charge in [0.25, 0.3) is 5.95 Å². The summed E-state index contributed by atoms with van der Waals surface area (Å²) in [6.45, 7) is 0. The van der Waals surface area contributed by atoms with Gasteiger partial charge in [0.15, 0.2) is 0 Å². The van der Waals surface area contributed by atoms with Crippen molar-refractivity contribution in [2.45, 2.75) is 0 Å². The Bertz CT molecular complexity index is 393. The van der Waals surface area contributed by atoms with Crippen molar-refractivity contribution in [3.05, 3.63) is 35.9 Å².